The predicted octanol–water partition coefficient (Wildman–Crippen LogP) is 1.76. The van der Waals surface area contributed by atoms with Crippen molar-refractivity contribution in [1.82, 2.24) is 10.1 Å². The minimum Gasteiger partial charge on any atom is -0.508 e. The number of hydrogen-bond acceptors (Lipinski definition) is 5. The molecule has 0 aliphatic carbocycles. The van der Waals surface area contributed by atoms with Gasteiger partial charge in [-0.05, 0) is 25.0 Å². The molecule has 0 amide bonds. The number of aliphatic hydroxyl groups excluding tert-OH is 1. The number of nitrogens with zero attached hydrogens (tertiary/aromatic N) is 2. The Kier molecular flexibility index (Phi) is 3.72. The molecule has 2 N–H and O–H groups in total. The summed E-state index contributed by atoms with van der Waals surface area (Å²) in [6.07, 6.45) is 2.20. The fourth-order valence-corrected chi connectivity index (χ4v) is 1.51. The van der Waals surface area contributed by atoms with Crippen molar-refractivity contribution in [3.63, 3.8) is 0 Å². The Balaban J connectivity index is 2.07. The summed E-state index contributed by atoms with van der Waals surface area (Å²) in [5.74, 6) is 1.20. The highest BCUT2D eigenvalue weighted by Gasteiger charge is 2.08. The van der Waals surface area contributed by atoms with Crippen molar-refractivity contribution in [3.05, 3.63) is 30.2 Å². The van der Waals surface area contributed by atoms with Crippen molar-refractivity contribution in [1.29, 1.82) is 0 Å². The molecule has 0 atom stereocenters. The number of phenols is 1. The first kappa shape index (κ1) is 11.6. The summed E-state index contributed by atoms with van der Waals surface area (Å²) in [4.78, 5) is 4.22. The molecular formula is C12H14N2O3. The molecular weight excluding hydrogens is 220 g/mol. The van der Waals surface area contributed by atoms with Crippen molar-refractivity contribution in [3.8, 4) is 17.1 Å². The maximum atomic E-state index is 9.34. The Morgan fingerprint density at radius 3 is 2.88 bits per heavy atom. The maximum Gasteiger partial charge on any atom is 0.226 e. The van der Waals surface area contributed by atoms with Crippen LogP contribution in [0.3, 0.4) is 0 Å². The van der Waals surface area contributed by atoms with Gasteiger partial charge in [-0.1, -0.05) is 17.3 Å². The number of hydrogen-bond donors (Lipinski definition) is 2. The molecule has 5 heteroatoms. The highest BCUT2D eigenvalue weighted by atomic mass is 16.5. The summed E-state index contributed by atoms with van der Waals surface area (Å²) in [5.41, 5.74) is 0.724. The molecule has 5 nitrogen and oxygen atoms in total. The molecule has 0 saturated carbocycles. The van der Waals surface area contributed by atoms with Gasteiger partial charge in [0.05, 0.1) is 0 Å². The van der Waals surface area contributed by atoms with Gasteiger partial charge in [-0.25, -0.2) is 0 Å². The van der Waals surface area contributed by atoms with Crippen LogP contribution < -0.4 is 0 Å². The highest BCUT2D eigenvalue weighted by Crippen LogP contribution is 2.20. The van der Waals surface area contributed by atoms with Gasteiger partial charge in [0.25, 0.3) is 0 Å². The number of unbranched alkanes of at least 4 members (excludes halogenated alkanes) is 1. The lowest BCUT2D eigenvalue weighted by atomic mass is 10.2. The predicted molar refractivity (Wildman–Crippen MR) is 61.4 cm³/mol. The second-order valence-corrected chi connectivity index (χ2v) is 3.74. The Morgan fingerprint density at radius 1 is 1.24 bits per heavy atom. The zero-order valence-electron chi connectivity index (χ0n) is 9.33. The zero-order chi connectivity index (χ0) is 12.1. The van der Waals surface area contributed by atoms with Gasteiger partial charge in [-0.3, -0.25) is 0 Å². The van der Waals surface area contributed by atoms with E-state index in [2.05, 4.69) is 10.1 Å². The van der Waals surface area contributed by atoms with Gasteiger partial charge in [0.2, 0.25) is 11.7 Å². The number of phenolic OH excluding ortho intramolecular Hbond substituents is 1. The molecule has 0 bridgehead atoms. The standard InChI is InChI=1S/C12H14N2O3/c15-7-2-1-6-11-13-12(14-17-11)9-4-3-5-10(16)8-9/h3-5,8,15-16H,1-2,6-7H2. The molecule has 1 aromatic heterocycles. The van der Waals surface area contributed by atoms with E-state index in [1.807, 2.05) is 6.07 Å². The quantitative estimate of drug-likeness (QED) is 0.770. The molecule has 0 aliphatic rings. The van der Waals surface area contributed by atoms with Crippen LogP contribution in [0.25, 0.3) is 11.4 Å². The lowest BCUT2D eigenvalue weighted by Crippen LogP contribution is -1.89. The molecule has 0 spiro atoms. The SMILES string of the molecule is OCCCCc1nc(-c2cccc(O)c2)no1. The normalized spacial score (nSPS) is 10.6. The van der Waals surface area contributed by atoms with E-state index in [1.54, 1.807) is 18.2 Å². The van der Waals surface area contributed by atoms with Gasteiger partial charge in [0.15, 0.2) is 0 Å². The van der Waals surface area contributed by atoms with Gasteiger partial charge in [0.1, 0.15) is 5.75 Å². The topological polar surface area (TPSA) is 79.4 Å². The third-order valence-corrected chi connectivity index (χ3v) is 2.37. The van der Waals surface area contributed by atoms with E-state index in [1.165, 1.54) is 0 Å². The summed E-state index contributed by atoms with van der Waals surface area (Å²) in [7, 11) is 0. The van der Waals surface area contributed by atoms with E-state index < -0.39 is 0 Å². The summed E-state index contributed by atoms with van der Waals surface area (Å²) in [6.45, 7) is 0.174. The van der Waals surface area contributed by atoms with E-state index in [0.717, 1.165) is 18.4 Å². The maximum absolute atomic E-state index is 9.34. The van der Waals surface area contributed by atoms with E-state index in [0.29, 0.717) is 18.1 Å². The highest BCUT2D eigenvalue weighted by molar-refractivity contribution is 5.56. The van der Waals surface area contributed by atoms with Crippen LogP contribution in [-0.2, 0) is 6.42 Å². The van der Waals surface area contributed by atoms with Crippen LogP contribution in [0.5, 0.6) is 5.75 Å². The van der Waals surface area contributed by atoms with Crippen LogP contribution in [0.1, 0.15) is 18.7 Å². The number of aromatic hydroxyl groups is 1. The van der Waals surface area contributed by atoms with Crippen molar-refractivity contribution < 1.29 is 14.7 Å². The Hall–Kier alpha value is -1.88. The summed E-state index contributed by atoms with van der Waals surface area (Å²) in [5, 5.41) is 21.9. The number of aryl methyl sites for hydroxylation is 1. The Bertz CT molecular complexity index is 482. The molecule has 2 aromatic rings. The molecule has 0 fully saturated rings. The average molecular weight is 234 g/mol. The summed E-state index contributed by atoms with van der Waals surface area (Å²) >= 11 is 0. The van der Waals surface area contributed by atoms with Crippen LogP contribution in [0.15, 0.2) is 28.8 Å². The smallest absolute Gasteiger partial charge is 0.226 e. The largest absolute Gasteiger partial charge is 0.508 e. The van der Waals surface area contributed by atoms with Gasteiger partial charge >= 0.3 is 0 Å². The molecule has 2 rings (SSSR count). The molecule has 1 aromatic carbocycles. The second-order valence-electron chi connectivity index (χ2n) is 3.74. The zero-order valence-corrected chi connectivity index (χ0v) is 9.33. The number of rotatable bonds is 5. The van der Waals surface area contributed by atoms with Crippen molar-refractivity contribution in [2.24, 2.45) is 0 Å². The number of benzene rings is 1. The van der Waals surface area contributed by atoms with Crippen molar-refractivity contribution >= 4 is 0 Å². The van der Waals surface area contributed by atoms with E-state index in [4.69, 9.17) is 9.63 Å². The fourth-order valence-electron chi connectivity index (χ4n) is 1.51. The number of aromatic nitrogens is 2. The summed E-state index contributed by atoms with van der Waals surface area (Å²) < 4.78 is 5.08. The van der Waals surface area contributed by atoms with Crippen molar-refractivity contribution in [2.45, 2.75) is 19.3 Å². The molecule has 1 heterocycles. The van der Waals surface area contributed by atoms with Crippen LogP contribution in [-0.4, -0.2) is 27.0 Å². The minimum absolute atomic E-state index is 0.174. The molecule has 0 saturated heterocycles. The molecule has 0 aliphatic heterocycles. The van der Waals surface area contributed by atoms with E-state index >= 15 is 0 Å². The van der Waals surface area contributed by atoms with Crippen LogP contribution in [0.2, 0.25) is 0 Å². The fraction of sp³-hybridized carbons (Fsp3) is 0.333. The van der Waals surface area contributed by atoms with Gasteiger partial charge in [-0.15, -0.1) is 0 Å². The first-order chi connectivity index (χ1) is 8.29. The first-order valence-electron chi connectivity index (χ1n) is 5.52. The molecule has 17 heavy (non-hydrogen) atoms. The minimum atomic E-state index is 0.174. The third-order valence-electron chi connectivity index (χ3n) is 2.37. The van der Waals surface area contributed by atoms with Gasteiger partial charge in [0, 0.05) is 18.6 Å². The Labute approximate surface area is 98.7 Å². The lowest BCUT2D eigenvalue weighted by molar-refractivity contribution is 0.281. The first-order valence-corrected chi connectivity index (χ1v) is 5.52. The molecule has 0 unspecified atom stereocenters. The van der Waals surface area contributed by atoms with Crippen LogP contribution in [0, 0.1) is 0 Å². The van der Waals surface area contributed by atoms with Crippen LogP contribution >= 0.6 is 0 Å². The van der Waals surface area contributed by atoms with Crippen LogP contribution in [0.4, 0.5) is 0 Å². The average Bonchev–Trinajstić information content (AvgIpc) is 2.78. The van der Waals surface area contributed by atoms with Crippen molar-refractivity contribution in [2.75, 3.05) is 6.61 Å². The van der Waals surface area contributed by atoms with E-state index in [-0.39, 0.29) is 12.4 Å². The lowest BCUT2D eigenvalue weighted by Gasteiger charge is -1.94. The van der Waals surface area contributed by atoms with E-state index in [9.17, 15) is 5.11 Å². The monoisotopic (exact) mass is 234 g/mol. The summed E-state index contributed by atoms with van der Waals surface area (Å²) in [6, 6.07) is 6.71. The third kappa shape index (κ3) is 3.04. The second kappa shape index (κ2) is 5.45. The number of aliphatic hydroxyl groups is 1. The van der Waals surface area contributed by atoms with Gasteiger partial charge in [-0.2, -0.15) is 4.98 Å². The Morgan fingerprint density at radius 2 is 2.12 bits per heavy atom. The molecule has 90 valence electrons. The molecule has 0 radical (unpaired) electrons. The van der Waals surface area contributed by atoms with Gasteiger partial charge < -0.3 is 14.7 Å².